The van der Waals surface area contributed by atoms with Crippen LogP contribution in [-0.4, -0.2) is 28.9 Å². The largest absolute Gasteiger partial charge is 0.349 e. The molecule has 0 unspecified atom stereocenters. The Labute approximate surface area is 157 Å². The van der Waals surface area contributed by atoms with Crippen LogP contribution in [0.3, 0.4) is 0 Å². The van der Waals surface area contributed by atoms with Crippen LogP contribution in [0.1, 0.15) is 41.6 Å². The second-order valence-electron chi connectivity index (χ2n) is 7.16. The molecule has 130 valence electrons. The number of carbonyl (C=O) groups excluding carboxylic acids is 1. The number of benzene rings is 2. The van der Waals surface area contributed by atoms with Gasteiger partial charge in [-0.15, -0.1) is 0 Å². The summed E-state index contributed by atoms with van der Waals surface area (Å²) in [6, 6.07) is 19.8. The Kier molecular flexibility index (Phi) is 4.91. The van der Waals surface area contributed by atoms with Crippen LogP contribution >= 0.6 is 15.9 Å². The topological polar surface area (TPSA) is 32.3 Å². The van der Waals surface area contributed by atoms with Crippen LogP contribution in [0.2, 0.25) is 0 Å². The van der Waals surface area contributed by atoms with Crippen LogP contribution in [0, 0.1) is 0 Å². The minimum atomic E-state index is 0.0355. The van der Waals surface area contributed by atoms with Crippen LogP contribution in [0.5, 0.6) is 0 Å². The predicted molar refractivity (Wildman–Crippen MR) is 103 cm³/mol. The highest BCUT2D eigenvalue weighted by atomic mass is 79.9. The molecule has 2 fully saturated rings. The fraction of sp³-hybridized carbons (Fsp3) is 0.381. The van der Waals surface area contributed by atoms with E-state index >= 15 is 0 Å². The molecule has 2 atom stereocenters. The maximum absolute atomic E-state index is 12.6. The van der Waals surface area contributed by atoms with E-state index in [1.165, 1.54) is 18.4 Å². The molecule has 2 aromatic rings. The van der Waals surface area contributed by atoms with Gasteiger partial charge in [0, 0.05) is 29.1 Å². The number of carbonyl (C=O) groups is 1. The first-order valence-corrected chi connectivity index (χ1v) is 9.85. The van der Waals surface area contributed by atoms with E-state index in [9.17, 15) is 4.79 Å². The van der Waals surface area contributed by atoms with Gasteiger partial charge in [-0.25, -0.2) is 0 Å². The van der Waals surface area contributed by atoms with Crippen LogP contribution in [0.15, 0.2) is 59.1 Å². The molecule has 0 spiro atoms. The van der Waals surface area contributed by atoms with Gasteiger partial charge in [0.05, 0.1) is 5.56 Å². The summed E-state index contributed by atoms with van der Waals surface area (Å²) >= 11 is 3.48. The zero-order valence-corrected chi connectivity index (χ0v) is 15.8. The molecule has 2 aliphatic rings. The number of rotatable bonds is 4. The van der Waals surface area contributed by atoms with E-state index in [-0.39, 0.29) is 11.9 Å². The SMILES string of the molecule is O=C(NC1C[C@@H]2CC[C@@H](C1)N2Cc1ccccc1)c1ccccc1Br. The highest BCUT2D eigenvalue weighted by molar-refractivity contribution is 9.10. The molecule has 2 aromatic carbocycles. The zero-order valence-electron chi connectivity index (χ0n) is 14.2. The number of fused-ring (bicyclic) bond motifs is 2. The van der Waals surface area contributed by atoms with Crippen LogP contribution < -0.4 is 5.32 Å². The first-order chi connectivity index (χ1) is 12.2. The van der Waals surface area contributed by atoms with Gasteiger partial charge in [-0.2, -0.15) is 0 Å². The molecule has 25 heavy (non-hydrogen) atoms. The lowest BCUT2D eigenvalue weighted by Crippen LogP contribution is -2.50. The number of hydrogen-bond donors (Lipinski definition) is 1. The third-order valence-electron chi connectivity index (χ3n) is 5.55. The maximum atomic E-state index is 12.6. The van der Waals surface area contributed by atoms with Crippen LogP contribution in [0.25, 0.3) is 0 Å². The average Bonchev–Trinajstić information content (AvgIpc) is 2.85. The molecule has 0 aliphatic carbocycles. The van der Waals surface area contributed by atoms with Crippen molar-refractivity contribution in [2.75, 3.05) is 0 Å². The van der Waals surface area contributed by atoms with Crippen molar-refractivity contribution in [3.8, 4) is 0 Å². The van der Waals surface area contributed by atoms with E-state index in [1.54, 1.807) is 0 Å². The van der Waals surface area contributed by atoms with E-state index in [1.807, 2.05) is 24.3 Å². The van der Waals surface area contributed by atoms with E-state index in [0.29, 0.717) is 12.1 Å². The Morgan fingerprint density at radius 2 is 1.64 bits per heavy atom. The van der Waals surface area contributed by atoms with Gasteiger partial charge in [0.1, 0.15) is 0 Å². The molecule has 2 saturated heterocycles. The third-order valence-corrected chi connectivity index (χ3v) is 6.24. The van der Waals surface area contributed by atoms with E-state index in [4.69, 9.17) is 0 Å². The van der Waals surface area contributed by atoms with Gasteiger partial charge in [0.25, 0.3) is 5.91 Å². The first kappa shape index (κ1) is 16.8. The minimum Gasteiger partial charge on any atom is -0.349 e. The van der Waals surface area contributed by atoms with Crippen molar-refractivity contribution >= 4 is 21.8 Å². The van der Waals surface area contributed by atoms with Crippen molar-refractivity contribution < 1.29 is 4.79 Å². The van der Waals surface area contributed by atoms with Crippen molar-refractivity contribution in [2.45, 2.75) is 50.4 Å². The number of nitrogens with one attached hydrogen (secondary N) is 1. The van der Waals surface area contributed by atoms with E-state index in [2.05, 4.69) is 56.5 Å². The molecule has 0 aromatic heterocycles. The second kappa shape index (κ2) is 7.30. The molecule has 0 saturated carbocycles. The Hall–Kier alpha value is -1.65. The van der Waals surface area contributed by atoms with Crippen LogP contribution in [0.4, 0.5) is 0 Å². The number of piperidine rings is 1. The Morgan fingerprint density at radius 1 is 1.00 bits per heavy atom. The summed E-state index contributed by atoms with van der Waals surface area (Å²) in [4.78, 5) is 15.2. The molecule has 4 rings (SSSR count). The molecule has 2 bridgehead atoms. The monoisotopic (exact) mass is 398 g/mol. The maximum Gasteiger partial charge on any atom is 0.252 e. The Balaban J connectivity index is 1.40. The number of amides is 1. The van der Waals surface area contributed by atoms with Crippen molar-refractivity contribution in [2.24, 2.45) is 0 Å². The average molecular weight is 399 g/mol. The molecular formula is C21H23BrN2O. The number of nitrogens with zero attached hydrogens (tertiary/aromatic N) is 1. The normalized spacial score (nSPS) is 25.7. The highest BCUT2D eigenvalue weighted by Crippen LogP contribution is 2.37. The quantitative estimate of drug-likeness (QED) is 0.828. The van der Waals surface area contributed by atoms with Crippen molar-refractivity contribution in [1.82, 2.24) is 10.2 Å². The van der Waals surface area contributed by atoms with Gasteiger partial charge in [-0.1, -0.05) is 42.5 Å². The zero-order chi connectivity index (χ0) is 17.2. The fourth-order valence-corrected chi connectivity index (χ4v) is 4.82. The number of halogens is 1. The Bertz CT molecular complexity index is 735. The molecule has 1 amide bonds. The van der Waals surface area contributed by atoms with E-state index < -0.39 is 0 Å². The molecule has 4 heteroatoms. The molecule has 0 radical (unpaired) electrons. The Morgan fingerprint density at radius 3 is 2.32 bits per heavy atom. The third kappa shape index (κ3) is 3.65. The van der Waals surface area contributed by atoms with Gasteiger partial charge in [-0.3, -0.25) is 9.69 Å². The molecule has 2 heterocycles. The van der Waals surface area contributed by atoms with Crippen molar-refractivity contribution in [1.29, 1.82) is 0 Å². The van der Waals surface area contributed by atoms with E-state index in [0.717, 1.165) is 29.4 Å². The number of hydrogen-bond acceptors (Lipinski definition) is 2. The lowest BCUT2D eigenvalue weighted by molar-refractivity contribution is 0.0827. The van der Waals surface area contributed by atoms with Crippen molar-refractivity contribution in [3.05, 3.63) is 70.2 Å². The van der Waals surface area contributed by atoms with Gasteiger partial charge < -0.3 is 5.32 Å². The molecule has 2 aliphatic heterocycles. The van der Waals surface area contributed by atoms with Gasteiger partial charge in [-0.05, 0) is 59.3 Å². The summed E-state index contributed by atoms with van der Waals surface area (Å²) in [7, 11) is 0. The summed E-state index contributed by atoms with van der Waals surface area (Å²) < 4.78 is 0.858. The highest BCUT2D eigenvalue weighted by Gasteiger charge is 2.40. The fourth-order valence-electron chi connectivity index (χ4n) is 4.35. The summed E-state index contributed by atoms with van der Waals surface area (Å²) in [5, 5.41) is 3.27. The summed E-state index contributed by atoms with van der Waals surface area (Å²) in [6.07, 6.45) is 4.61. The standard InChI is InChI=1S/C21H23BrN2O/c22-20-9-5-4-8-19(20)21(25)23-16-12-17-10-11-18(13-16)24(17)14-15-6-2-1-3-7-15/h1-9,16-18H,10-14H2,(H,23,25)/t17-,18-/m0/s1. The minimum absolute atomic E-state index is 0.0355. The molecule has 1 N–H and O–H groups in total. The predicted octanol–water partition coefficient (Wildman–Crippen LogP) is 4.37. The second-order valence-corrected chi connectivity index (χ2v) is 8.02. The molecule has 3 nitrogen and oxygen atoms in total. The van der Waals surface area contributed by atoms with Crippen LogP contribution in [-0.2, 0) is 6.54 Å². The van der Waals surface area contributed by atoms with Gasteiger partial charge in [0.2, 0.25) is 0 Å². The summed E-state index contributed by atoms with van der Waals surface area (Å²) in [5.74, 6) is 0.0355. The smallest absolute Gasteiger partial charge is 0.252 e. The first-order valence-electron chi connectivity index (χ1n) is 9.06. The van der Waals surface area contributed by atoms with Crippen molar-refractivity contribution in [3.63, 3.8) is 0 Å². The summed E-state index contributed by atoms with van der Waals surface area (Å²) in [5.41, 5.74) is 2.11. The summed E-state index contributed by atoms with van der Waals surface area (Å²) in [6.45, 7) is 1.03. The molecular weight excluding hydrogens is 376 g/mol. The van der Waals surface area contributed by atoms with Gasteiger partial charge in [0.15, 0.2) is 0 Å². The lowest BCUT2D eigenvalue weighted by Gasteiger charge is -2.39. The lowest BCUT2D eigenvalue weighted by atomic mass is 9.96. The van der Waals surface area contributed by atoms with Gasteiger partial charge >= 0.3 is 0 Å².